The minimum atomic E-state index is -1.75. The number of halogens is 1. The molecule has 1 unspecified atom stereocenters. The number of likely N-dealkylation sites (tertiary alicyclic amines) is 1. The van der Waals surface area contributed by atoms with Gasteiger partial charge in [0.15, 0.2) is 17.1 Å². The van der Waals surface area contributed by atoms with Crippen LogP contribution in [0.15, 0.2) is 36.4 Å². The first-order chi connectivity index (χ1) is 14.1. The van der Waals surface area contributed by atoms with Crippen LogP contribution < -0.4 is 15.2 Å². The van der Waals surface area contributed by atoms with Crippen LogP contribution in [0.1, 0.15) is 16.8 Å². The molecule has 1 aliphatic rings. The summed E-state index contributed by atoms with van der Waals surface area (Å²) in [7, 11) is 1.36. The molecule has 2 aromatic carbocycles. The Hall–Kier alpha value is -3.37. The molecule has 0 aliphatic carbocycles. The number of nitrogens with two attached hydrogens (primary N) is 1. The van der Waals surface area contributed by atoms with Crippen molar-refractivity contribution in [2.45, 2.75) is 12.0 Å². The second kappa shape index (κ2) is 8.17. The van der Waals surface area contributed by atoms with Crippen molar-refractivity contribution in [3.8, 4) is 17.2 Å². The zero-order valence-electron chi connectivity index (χ0n) is 15.8. The Labute approximate surface area is 175 Å². The lowest BCUT2D eigenvalue weighted by atomic mass is 10.0. The molecular formula is C19H18ClN3O7. The third-order valence-electron chi connectivity index (χ3n) is 4.74. The van der Waals surface area contributed by atoms with Crippen LogP contribution in [0, 0.1) is 10.1 Å². The van der Waals surface area contributed by atoms with Crippen LogP contribution in [-0.4, -0.2) is 52.5 Å². The summed E-state index contributed by atoms with van der Waals surface area (Å²) < 4.78 is 10.9. The van der Waals surface area contributed by atoms with Crippen LogP contribution in [0.3, 0.4) is 0 Å². The first kappa shape index (κ1) is 21.3. The number of nitro groups is 1. The van der Waals surface area contributed by atoms with E-state index in [9.17, 15) is 24.8 Å². The van der Waals surface area contributed by atoms with E-state index in [2.05, 4.69) is 0 Å². The van der Waals surface area contributed by atoms with Gasteiger partial charge in [0.25, 0.3) is 11.8 Å². The summed E-state index contributed by atoms with van der Waals surface area (Å²) in [5, 5.41) is 21.6. The second-order valence-electron chi connectivity index (χ2n) is 6.71. The van der Waals surface area contributed by atoms with Crippen LogP contribution in [0.5, 0.6) is 17.2 Å². The Morgan fingerprint density at radius 1 is 1.23 bits per heavy atom. The van der Waals surface area contributed by atoms with Gasteiger partial charge in [-0.15, -0.1) is 0 Å². The average molecular weight is 436 g/mol. The summed E-state index contributed by atoms with van der Waals surface area (Å²) in [5.41, 5.74) is 3.34. The summed E-state index contributed by atoms with van der Waals surface area (Å²) in [6.07, 6.45) is 0.0483. The summed E-state index contributed by atoms with van der Waals surface area (Å²) >= 11 is 5.81. The van der Waals surface area contributed by atoms with E-state index in [4.69, 9.17) is 26.8 Å². The number of β-amino-alcohol motifs (C(OH)–C–C–N with tert-alkyl or cyclic N) is 1. The van der Waals surface area contributed by atoms with Crippen LogP contribution in [0.2, 0.25) is 5.02 Å². The van der Waals surface area contributed by atoms with Crippen molar-refractivity contribution < 1.29 is 29.1 Å². The smallest absolute Gasteiger partial charge is 0.313 e. The van der Waals surface area contributed by atoms with Gasteiger partial charge in [-0.3, -0.25) is 19.7 Å². The number of hydrogen-bond acceptors (Lipinski definition) is 7. The molecule has 0 aromatic heterocycles. The van der Waals surface area contributed by atoms with Gasteiger partial charge in [0.05, 0.1) is 18.6 Å². The predicted octanol–water partition coefficient (Wildman–Crippen LogP) is 2.11. The molecule has 1 heterocycles. The van der Waals surface area contributed by atoms with Gasteiger partial charge in [0.1, 0.15) is 0 Å². The number of benzene rings is 2. The highest BCUT2D eigenvalue weighted by Crippen LogP contribution is 2.38. The van der Waals surface area contributed by atoms with Crippen molar-refractivity contribution in [3.05, 3.63) is 57.1 Å². The summed E-state index contributed by atoms with van der Waals surface area (Å²) in [4.78, 5) is 36.0. The van der Waals surface area contributed by atoms with E-state index in [0.717, 1.165) is 6.07 Å². The van der Waals surface area contributed by atoms with Gasteiger partial charge in [0, 0.05) is 29.6 Å². The van der Waals surface area contributed by atoms with Crippen molar-refractivity contribution in [1.29, 1.82) is 0 Å². The Morgan fingerprint density at radius 2 is 1.93 bits per heavy atom. The fraction of sp³-hybridized carbons (Fsp3) is 0.263. The van der Waals surface area contributed by atoms with Gasteiger partial charge in [-0.2, -0.15) is 0 Å². The number of nitro benzene ring substituents is 1. The lowest BCUT2D eigenvalue weighted by molar-refractivity contribution is -0.385. The van der Waals surface area contributed by atoms with E-state index in [0.29, 0.717) is 0 Å². The third-order valence-corrected chi connectivity index (χ3v) is 4.98. The third kappa shape index (κ3) is 4.14. The molecule has 11 heteroatoms. The van der Waals surface area contributed by atoms with Crippen LogP contribution >= 0.6 is 11.6 Å². The number of carbonyl (C=O) groups is 2. The Kier molecular flexibility index (Phi) is 5.81. The van der Waals surface area contributed by atoms with Gasteiger partial charge in [-0.25, -0.2) is 0 Å². The van der Waals surface area contributed by atoms with Gasteiger partial charge in [0.2, 0.25) is 5.75 Å². The zero-order valence-corrected chi connectivity index (χ0v) is 16.6. The first-order valence-electron chi connectivity index (χ1n) is 8.76. The number of rotatable bonds is 6. The Bertz CT molecular complexity index is 1030. The van der Waals surface area contributed by atoms with Crippen LogP contribution in [0.4, 0.5) is 5.69 Å². The molecule has 0 bridgehead atoms. The Morgan fingerprint density at radius 3 is 2.53 bits per heavy atom. The van der Waals surface area contributed by atoms with Gasteiger partial charge >= 0.3 is 5.69 Å². The number of methoxy groups -OCH3 is 1. The van der Waals surface area contributed by atoms with E-state index in [-0.39, 0.29) is 53.0 Å². The van der Waals surface area contributed by atoms with E-state index >= 15 is 0 Å². The fourth-order valence-corrected chi connectivity index (χ4v) is 3.24. The molecule has 1 atom stereocenters. The van der Waals surface area contributed by atoms with Crippen molar-refractivity contribution in [2.75, 3.05) is 20.2 Å². The molecule has 3 N–H and O–H groups in total. The van der Waals surface area contributed by atoms with E-state index in [1.54, 1.807) is 0 Å². The number of amides is 2. The van der Waals surface area contributed by atoms with Gasteiger partial charge in [-0.05, 0) is 30.3 Å². The zero-order chi connectivity index (χ0) is 22.1. The number of hydrogen-bond donors (Lipinski definition) is 2. The molecule has 3 rings (SSSR count). The number of aliphatic hydroxyl groups is 1. The molecule has 1 fully saturated rings. The van der Waals surface area contributed by atoms with E-state index in [1.165, 1.54) is 42.3 Å². The number of ether oxygens (including phenoxy) is 2. The van der Waals surface area contributed by atoms with E-state index < -0.39 is 22.3 Å². The lowest BCUT2D eigenvalue weighted by Crippen LogP contribution is -2.46. The summed E-state index contributed by atoms with van der Waals surface area (Å²) in [6, 6.07) is 8.25. The fourth-order valence-electron chi connectivity index (χ4n) is 3.07. The SMILES string of the molecule is COc1cc(C(=O)N2CCC(O)(C(N)=O)C2)ccc1Oc1ccc(Cl)cc1[N+](=O)[O-]. The molecule has 30 heavy (non-hydrogen) atoms. The van der Waals surface area contributed by atoms with Crippen LogP contribution in [-0.2, 0) is 4.79 Å². The minimum Gasteiger partial charge on any atom is -0.493 e. The van der Waals surface area contributed by atoms with Crippen LogP contribution in [0.25, 0.3) is 0 Å². The number of carbonyl (C=O) groups excluding carboxylic acids is 2. The standard InChI is InChI=1S/C19H18ClN3O7/c1-29-16-8-11(17(24)22-7-6-19(26,10-22)18(21)25)2-4-15(16)30-14-5-3-12(20)9-13(14)23(27)28/h2-5,8-9,26H,6-7,10H2,1H3,(H2,21,25). The highest BCUT2D eigenvalue weighted by atomic mass is 35.5. The summed E-state index contributed by atoms with van der Waals surface area (Å²) in [5.74, 6) is -1.06. The highest BCUT2D eigenvalue weighted by molar-refractivity contribution is 6.30. The number of primary amides is 1. The maximum atomic E-state index is 12.7. The second-order valence-corrected chi connectivity index (χ2v) is 7.15. The lowest BCUT2D eigenvalue weighted by Gasteiger charge is -2.20. The molecule has 2 amide bonds. The molecule has 158 valence electrons. The van der Waals surface area contributed by atoms with Crippen molar-refractivity contribution >= 4 is 29.1 Å². The normalized spacial score (nSPS) is 18.2. The molecule has 1 aliphatic heterocycles. The minimum absolute atomic E-state index is 0.0483. The monoisotopic (exact) mass is 435 g/mol. The number of nitrogens with zero attached hydrogens (tertiary/aromatic N) is 2. The summed E-state index contributed by atoms with van der Waals surface area (Å²) in [6.45, 7) is -0.0471. The molecule has 2 aromatic rings. The largest absolute Gasteiger partial charge is 0.493 e. The topological polar surface area (TPSA) is 145 Å². The van der Waals surface area contributed by atoms with Crippen molar-refractivity contribution in [2.24, 2.45) is 5.73 Å². The predicted molar refractivity (Wildman–Crippen MR) is 106 cm³/mol. The molecule has 10 nitrogen and oxygen atoms in total. The highest BCUT2D eigenvalue weighted by Gasteiger charge is 2.43. The van der Waals surface area contributed by atoms with Gasteiger partial charge in [-0.1, -0.05) is 11.6 Å². The van der Waals surface area contributed by atoms with Crippen molar-refractivity contribution in [1.82, 2.24) is 4.90 Å². The molecule has 0 saturated carbocycles. The molecule has 1 saturated heterocycles. The Balaban J connectivity index is 1.85. The van der Waals surface area contributed by atoms with Gasteiger partial charge < -0.3 is 25.2 Å². The maximum Gasteiger partial charge on any atom is 0.313 e. The first-order valence-corrected chi connectivity index (χ1v) is 9.14. The molecule has 0 radical (unpaired) electrons. The average Bonchev–Trinajstić information content (AvgIpc) is 3.12. The molecule has 0 spiro atoms. The molecular weight excluding hydrogens is 418 g/mol. The maximum absolute atomic E-state index is 12.7. The quantitative estimate of drug-likeness (QED) is 0.522. The van der Waals surface area contributed by atoms with E-state index in [1.807, 2.05) is 0 Å². The van der Waals surface area contributed by atoms with Crippen molar-refractivity contribution in [3.63, 3.8) is 0 Å².